The van der Waals surface area contributed by atoms with Gasteiger partial charge in [-0.15, -0.1) is 0 Å². The fourth-order valence-corrected chi connectivity index (χ4v) is 3.08. The molecule has 2 heterocycles. The van der Waals surface area contributed by atoms with Gasteiger partial charge in [-0.1, -0.05) is 0 Å². The van der Waals surface area contributed by atoms with Crippen LogP contribution >= 0.6 is 0 Å². The minimum atomic E-state index is -0.470. The summed E-state index contributed by atoms with van der Waals surface area (Å²) in [5.74, 6) is -0.912. The lowest BCUT2D eigenvalue weighted by molar-refractivity contribution is 0.0746. The van der Waals surface area contributed by atoms with Crippen LogP contribution in [0.15, 0.2) is 51.7 Å². The van der Waals surface area contributed by atoms with Gasteiger partial charge in [0.25, 0.3) is 5.91 Å². The van der Waals surface area contributed by atoms with Gasteiger partial charge in [0.2, 0.25) is 0 Å². The highest BCUT2D eigenvalue weighted by molar-refractivity contribution is 5.94. The third-order valence-electron chi connectivity index (χ3n) is 4.43. The molecular formula is C18H16FN3O3. The molecule has 1 amide bonds. The second-order valence-electron chi connectivity index (χ2n) is 5.98. The highest BCUT2D eigenvalue weighted by Crippen LogP contribution is 2.22. The lowest BCUT2D eigenvalue weighted by Crippen LogP contribution is -2.48. The summed E-state index contributed by atoms with van der Waals surface area (Å²) in [4.78, 5) is 30.3. The van der Waals surface area contributed by atoms with E-state index in [1.807, 2.05) is 12.1 Å². The Balaban J connectivity index is 1.45. The number of rotatable bonds is 2. The number of fused-ring (bicyclic) bond motifs is 1. The fourth-order valence-electron chi connectivity index (χ4n) is 3.08. The van der Waals surface area contributed by atoms with Gasteiger partial charge in [0, 0.05) is 37.4 Å². The van der Waals surface area contributed by atoms with Crippen molar-refractivity contribution in [1.82, 2.24) is 9.88 Å². The lowest BCUT2D eigenvalue weighted by Gasteiger charge is -2.36. The molecule has 0 saturated carbocycles. The van der Waals surface area contributed by atoms with Crippen molar-refractivity contribution in [3.8, 4) is 0 Å². The number of benzene rings is 2. The number of H-pyrrole nitrogens is 1. The second kappa shape index (κ2) is 6.08. The largest absolute Gasteiger partial charge is 0.417 e. The lowest BCUT2D eigenvalue weighted by atomic mass is 10.1. The van der Waals surface area contributed by atoms with E-state index in [0.29, 0.717) is 42.8 Å². The van der Waals surface area contributed by atoms with Crippen LogP contribution in [-0.2, 0) is 0 Å². The molecule has 2 aromatic carbocycles. The predicted octanol–water partition coefficient (Wildman–Crippen LogP) is 2.22. The van der Waals surface area contributed by atoms with Crippen molar-refractivity contribution in [2.75, 3.05) is 31.1 Å². The van der Waals surface area contributed by atoms with E-state index in [2.05, 4.69) is 9.88 Å². The maximum atomic E-state index is 13.0. The van der Waals surface area contributed by atoms with Crippen LogP contribution in [-0.4, -0.2) is 42.0 Å². The van der Waals surface area contributed by atoms with Gasteiger partial charge in [0.05, 0.1) is 5.52 Å². The number of nitrogens with one attached hydrogen (secondary N) is 1. The van der Waals surface area contributed by atoms with Gasteiger partial charge in [-0.05, 0) is 42.5 Å². The number of aromatic amines is 1. The maximum Gasteiger partial charge on any atom is 0.417 e. The summed E-state index contributed by atoms with van der Waals surface area (Å²) in [5.41, 5.74) is 2.65. The Labute approximate surface area is 142 Å². The number of halogens is 1. The van der Waals surface area contributed by atoms with Gasteiger partial charge >= 0.3 is 5.76 Å². The first-order valence-electron chi connectivity index (χ1n) is 8.03. The summed E-state index contributed by atoms with van der Waals surface area (Å²) in [6.45, 7) is 2.52. The zero-order valence-electron chi connectivity index (χ0n) is 13.4. The first-order chi connectivity index (χ1) is 12.1. The molecular weight excluding hydrogens is 325 g/mol. The van der Waals surface area contributed by atoms with Crippen molar-refractivity contribution >= 4 is 22.7 Å². The first-order valence-corrected chi connectivity index (χ1v) is 8.03. The number of oxazole rings is 1. The molecule has 1 aliphatic heterocycles. The molecule has 4 rings (SSSR count). The predicted molar refractivity (Wildman–Crippen MR) is 91.4 cm³/mol. The van der Waals surface area contributed by atoms with Gasteiger partial charge in [0.15, 0.2) is 5.58 Å². The Bertz CT molecular complexity index is 969. The zero-order valence-corrected chi connectivity index (χ0v) is 13.4. The van der Waals surface area contributed by atoms with Crippen LogP contribution in [0.2, 0.25) is 0 Å². The Morgan fingerprint density at radius 1 is 1.04 bits per heavy atom. The normalized spacial score (nSPS) is 14.9. The van der Waals surface area contributed by atoms with Crippen LogP contribution in [0.1, 0.15) is 10.4 Å². The maximum absolute atomic E-state index is 13.0. The number of piperazine rings is 1. The molecule has 6 nitrogen and oxygen atoms in total. The summed E-state index contributed by atoms with van der Waals surface area (Å²) >= 11 is 0. The quantitative estimate of drug-likeness (QED) is 0.776. The second-order valence-corrected chi connectivity index (χ2v) is 5.98. The number of anilines is 1. The Morgan fingerprint density at radius 2 is 1.76 bits per heavy atom. The van der Waals surface area contributed by atoms with Gasteiger partial charge in [-0.3, -0.25) is 9.78 Å². The SMILES string of the molecule is O=C(c1ccc(F)cc1)N1CCN(c2ccc3oc(=O)[nH]c3c2)CC1. The molecule has 0 aliphatic carbocycles. The van der Waals surface area contributed by atoms with Crippen molar-refractivity contribution in [1.29, 1.82) is 0 Å². The van der Waals surface area contributed by atoms with E-state index in [1.54, 1.807) is 11.0 Å². The van der Waals surface area contributed by atoms with Crippen molar-refractivity contribution in [3.63, 3.8) is 0 Å². The summed E-state index contributed by atoms with van der Waals surface area (Å²) < 4.78 is 18.0. The van der Waals surface area contributed by atoms with E-state index in [-0.39, 0.29) is 11.7 Å². The van der Waals surface area contributed by atoms with Crippen LogP contribution in [0.4, 0.5) is 10.1 Å². The molecule has 0 spiro atoms. The van der Waals surface area contributed by atoms with Crippen LogP contribution < -0.4 is 10.7 Å². The van der Waals surface area contributed by atoms with E-state index in [1.165, 1.54) is 24.3 Å². The fraction of sp³-hybridized carbons (Fsp3) is 0.222. The van der Waals surface area contributed by atoms with E-state index >= 15 is 0 Å². The van der Waals surface area contributed by atoms with Gasteiger partial charge in [-0.2, -0.15) is 0 Å². The Morgan fingerprint density at radius 3 is 2.48 bits per heavy atom. The summed E-state index contributed by atoms with van der Waals surface area (Å²) in [5, 5.41) is 0. The third-order valence-corrected chi connectivity index (χ3v) is 4.43. The van der Waals surface area contributed by atoms with Crippen LogP contribution in [0, 0.1) is 5.82 Å². The standard InChI is InChI=1S/C18H16FN3O3/c19-13-3-1-12(2-4-13)17(23)22-9-7-21(8-10-22)14-5-6-16-15(11-14)20-18(24)25-16/h1-6,11H,7-10H2,(H,20,24). The van der Waals surface area contributed by atoms with E-state index in [0.717, 1.165) is 5.69 Å². The van der Waals surface area contributed by atoms with E-state index < -0.39 is 5.76 Å². The number of amides is 1. The molecule has 3 aromatic rings. The van der Waals surface area contributed by atoms with Crippen molar-refractivity contribution in [3.05, 3.63) is 64.4 Å². The number of aromatic nitrogens is 1. The average molecular weight is 341 g/mol. The number of nitrogens with zero attached hydrogens (tertiary/aromatic N) is 2. The Hall–Kier alpha value is -3.09. The van der Waals surface area contributed by atoms with Crippen LogP contribution in [0.3, 0.4) is 0 Å². The molecule has 7 heteroatoms. The van der Waals surface area contributed by atoms with Gasteiger partial charge in [0.1, 0.15) is 5.82 Å². The summed E-state index contributed by atoms with van der Waals surface area (Å²) in [6.07, 6.45) is 0. The van der Waals surface area contributed by atoms with Gasteiger partial charge in [-0.25, -0.2) is 9.18 Å². The smallest absolute Gasteiger partial charge is 0.408 e. The van der Waals surface area contributed by atoms with Crippen LogP contribution in [0.25, 0.3) is 11.1 Å². The minimum absolute atomic E-state index is 0.0886. The number of carbonyl (C=O) groups is 1. The van der Waals surface area contributed by atoms with E-state index in [4.69, 9.17) is 4.42 Å². The third kappa shape index (κ3) is 3.00. The molecule has 1 aromatic heterocycles. The van der Waals surface area contributed by atoms with Crippen LogP contribution in [0.5, 0.6) is 0 Å². The van der Waals surface area contributed by atoms with E-state index in [9.17, 15) is 14.0 Å². The van der Waals surface area contributed by atoms with Crippen molar-refractivity contribution in [2.45, 2.75) is 0 Å². The summed E-state index contributed by atoms with van der Waals surface area (Å²) in [6, 6.07) is 11.1. The topological polar surface area (TPSA) is 69.6 Å². The van der Waals surface area contributed by atoms with Gasteiger partial charge < -0.3 is 14.2 Å². The minimum Gasteiger partial charge on any atom is -0.408 e. The highest BCUT2D eigenvalue weighted by Gasteiger charge is 2.22. The number of carbonyl (C=O) groups excluding carboxylic acids is 1. The van der Waals surface area contributed by atoms with Crippen molar-refractivity contribution < 1.29 is 13.6 Å². The van der Waals surface area contributed by atoms with Crippen molar-refractivity contribution in [2.24, 2.45) is 0 Å². The monoisotopic (exact) mass is 341 g/mol. The highest BCUT2D eigenvalue weighted by atomic mass is 19.1. The summed E-state index contributed by atoms with van der Waals surface area (Å²) in [7, 11) is 0. The molecule has 0 unspecified atom stereocenters. The number of hydrogen-bond acceptors (Lipinski definition) is 4. The zero-order chi connectivity index (χ0) is 17.4. The first kappa shape index (κ1) is 15.4. The molecule has 1 aliphatic rings. The molecule has 0 radical (unpaired) electrons. The molecule has 25 heavy (non-hydrogen) atoms. The molecule has 1 N–H and O–H groups in total. The number of hydrogen-bond donors (Lipinski definition) is 1. The molecule has 0 atom stereocenters. The molecule has 1 fully saturated rings. The molecule has 0 bridgehead atoms. The Kier molecular flexibility index (Phi) is 3.76. The molecule has 1 saturated heterocycles. The molecule has 128 valence electrons. The average Bonchev–Trinajstić information content (AvgIpc) is 3.01.